The van der Waals surface area contributed by atoms with Crippen molar-refractivity contribution in [3.8, 4) is 11.5 Å². The summed E-state index contributed by atoms with van der Waals surface area (Å²) in [4.78, 5) is 37.3. The monoisotopic (exact) mass is 519 g/mol. The van der Waals surface area contributed by atoms with Crippen molar-refractivity contribution >= 4 is 39.3 Å². The standard InChI is InChI=1S/C24H26BrNO7/c1-22(5-4-16(28)26-17-18(29)12(21(31)32)8-13(25)19(17)30)15(27)3-6-24-9-11-7-14(20(22)24)33-23(11,2)10-24/h3,6,8,11,14,20,29-30H,4-5,7,9-10H2,1-2H3,(H,26,28)(H,31,32)/t11-,14+,20+,22-,23+,24+/m0/s1. The van der Waals surface area contributed by atoms with Gasteiger partial charge in [0.25, 0.3) is 0 Å². The summed E-state index contributed by atoms with van der Waals surface area (Å²) in [7, 11) is 0. The number of hydrogen-bond acceptors (Lipinski definition) is 6. The molecule has 4 fully saturated rings. The lowest BCUT2D eigenvalue weighted by Gasteiger charge is -2.55. The number of allylic oxidation sites excluding steroid dienone is 2. The molecule has 3 aliphatic carbocycles. The van der Waals surface area contributed by atoms with Crippen LogP contribution in [0, 0.1) is 22.7 Å². The van der Waals surface area contributed by atoms with Gasteiger partial charge in [0.1, 0.15) is 11.3 Å². The molecule has 33 heavy (non-hydrogen) atoms. The van der Waals surface area contributed by atoms with E-state index in [1.54, 1.807) is 6.08 Å². The van der Waals surface area contributed by atoms with E-state index < -0.39 is 34.4 Å². The molecule has 8 nitrogen and oxygen atoms in total. The number of carboxylic acids is 1. The summed E-state index contributed by atoms with van der Waals surface area (Å²) in [6, 6.07) is 1.06. The van der Waals surface area contributed by atoms with Gasteiger partial charge in [-0.2, -0.15) is 0 Å². The number of aromatic carboxylic acids is 1. The SMILES string of the molecule is C[C@@]12C[C@]34C=CC(=O)[C@](C)(CCC(=O)Nc5c(O)c(Br)cc(C(=O)O)c5O)[C@H]3[C@@H](C[C@H]1C4)O2. The summed E-state index contributed by atoms with van der Waals surface area (Å²) in [5.74, 6) is -2.67. The summed E-state index contributed by atoms with van der Waals surface area (Å²) in [6.07, 6.45) is 6.80. The molecule has 1 aromatic carbocycles. The number of ether oxygens (including phenoxy) is 1. The number of aromatic hydroxyl groups is 2. The van der Waals surface area contributed by atoms with Gasteiger partial charge in [-0.15, -0.1) is 0 Å². The molecule has 2 saturated heterocycles. The largest absolute Gasteiger partial charge is 0.505 e. The Kier molecular flexibility index (Phi) is 4.79. The number of anilines is 1. The molecule has 176 valence electrons. The molecule has 4 N–H and O–H groups in total. The van der Waals surface area contributed by atoms with Gasteiger partial charge in [0.2, 0.25) is 5.91 Å². The highest BCUT2D eigenvalue weighted by Gasteiger charge is 2.71. The summed E-state index contributed by atoms with van der Waals surface area (Å²) < 4.78 is 6.44. The minimum atomic E-state index is -1.40. The second kappa shape index (κ2) is 7.06. The van der Waals surface area contributed by atoms with Crippen LogP contribution in [0.4, 0.5) is 5.69 Å². The maximum atomic E-state index is 13.1. The molecule has 5 aliphatic rings. The van der Waals surface area contributed by atoms with Crippen LogP contribution >= 0.6 is 15.9 Å². The van der Waals surface area contributed by atoms with Crippen LogP contribution < -0.4 is 5.32 Å². The molecule has 0 aromatic heterocycles. The molecule has 2 heterocycles. The number of phenols is 2. The number of halogens is 1. The number of hydrogen-bond donors (Lipinski definition) is 4. The zero-order valence-corrected chi connectivity index (χ0v) is 19.9. The van der Waals surface area contributed by atoms with Crippen molar-refractivity contribution in [1.29, 1.82) is 0 Å². The summed E-state index contributed by atoms with van der Waals surface area (Å²) >= 11 is 3.04. The van der Waals surface area contributed by atoms with E-state index in [9.17, 15) is 29.7 Å². The van der Waals surface area contributed by atoms with E-state index in [4.69, 9.17) is 4.74 Å². The first-order valence-electron chi connectivity index (χ1n) is 11.1. The zero-order valence-electron chi connectivity index (χ0n) is 18.4. The Balaban J connectivity index is 1.37. The van der Waals surface area contributed by atoms with Crippen LogP contribution in [-0.2, 0) is 14.3 Å². The average Bonchev–Trinajstić information content (AvgIpc) is 3.11. The zero-order chi connectivity index (χ0) is 23.9. The highest BCUT2D eigenvalue weighted by Crippen LogP contribution is 2.71. The lowest BCUT2D eigenvalue weighted by atomic mass is 9.51. The predicted octanol–water partition coefficient (Wildman–Crippen LogP) is 4.00. The molecule has 1 amide bonds. The molecule has 6 rings (SSSR count). The molecule has 4 bridgehead atoms. The van der Waals surface area contributed by atoms with Crippen LogP contribution in [0.2, 0.25) is 0 Å². The maximum Gasteiger partial charge on any atom is 0.339 e. The third-order valence-electron chi connectivity index (χ3n) is 8.51. The highest BCUT2D eigenvalue weighted by atomic mass is 79.9. The normalized spacial score (nSPS) is 37.9. The molecule has 0 unspecified atom stereocenters. The maximum absolute atomic E-state index is 13.1. The number of carbonyl (C=O) groups excluding carboxylic acids is 2. The second-order valence-electron chi connectivity index (χ2n) is 10.4. The Bertz CT molecular complexity index is 1130. The number of ketones is 1. The number of phenolic OH excluding ortho intramolecular Hbond substituents is 1. The van der Waals surface area contributed by atoms with Crippen LogP contribution in [0.3, 0.4) is 0 Å². The molecular formula is C24H26BrNO7. The van der Waals surface area contributed by atoms with Crippen molar-refractivity contribution in [2.45, 2.75) is 57.7 Å². The minimum absolute atomic E-state index is 0.00610. The Morgan fingerprint density at radius 1 is 1.27 bits per heavy atom. The van der Waals surface area contributed by atoms with Crippen LogP contribution in [0.15, 0.2) is 22.7 Å². The van der Waals surface area contributed by atoms with Gasteiger partial charge < -0.3 is 25.4 Å². The van der Waals surface area contributed by atoms with E-state index in [1.807, 2.05) is 6.92 Å². The Morgan fingerprint density at radius 3 is 2.67 bits per heavy atom. The average molecular weight is 520 g/mol. The second-order valence-corrected chi connectivity index (χ2v) is 11.3. The van der Waals surface area contributed by atoms with Gasteiger partial charge in [-0.3, -0.25) is 9.59 Å². The van der Waals surface area contributed by atoms with Gasteiger partial charge in [-0.1, -0.05) is 13.0 Å². The molecule has 2 saturated carbocycles. The van der Waals surface area contributed by atoms with Crippen LogP contribution in [0.5, 0.6) is 11.5 Å². The fourth-order valence-electron chi connectivity index (χ4n) is 7.13. The fraction of sp³-hybridized carbons (Fsp3) is 0.542. The summed E-state index contributed by atoms with van der Waals surface area (Å²) in [6.45, 7) is 4.08. The molecule has 1 aromatic rings. The Hall–Kier alpha value is -2.39. The first kappa shape index (κ1) is 22.4. The topological polar surface area (TPSA) is 133 Å². The number of carboxylic acid groups (broad SMARTS) is 1. The quantitative estimate of drug-likeness (QED) is 0.432. The third-order valence-corrected chi connectivity index (χ3v) is 9.11. The van der Waals surface area contributed by atoms with E-state index in [-0.39, 0.29) is 51.8 Å². The van der Waals surface area contributed by atoms with Gasteiger partial charge in [-0.25, -0.2) is 4.79 Å². The lowest BCUT2D eigenvalue weighted by molar-refractivity contribution is -0.169. The van der Waals surface area contributed by atoms with E-state index >= 15 is 0 Å². The van der Waals surface area contributed by atoms with Gasteiger partial charge in [0.15, 0.2) is 17.3 Å². The summed E-state index contributed by atoms with van der Waals surface area (Å²) in [5.41, 5.74) is -1.84. The van der Waals surface area contributed by atoms with Crippen molar-refractivity contribution in [2.24, 2.45) is 22.7 Å². The number of rotatable bonds is 5. The number of benzene rings is 1. The molecule has 9 heteroatoms. The molecule has 0 radical (unpaired) electrons. The predicted molar refractivity (Wildman–Crippen MR) is 121 cm³/mol. The van der Waals surface area contributed by atoms with Crippen molar-refractivity contribution in [1.82, 2.24) is 0 Å². The smallest absolute Gasteiger partial charge is 0.339 e. The van der Waals surface area contributed by atoms with Crippen molar-refractivity contribution < 1.29 is 34.4 Å². The van der Waals surface area contributed by atoms with Gasteiger partial charge in [-0.05, 0) is 72.0 Å². The number of nitrogens with one attached hydrogen (secondary N) is 1. The Morgan fingerprint density at radius 2 is 2.00 bits per heavy atom. The van der Waals surface area contributed by atoms with Crippen molar-refractivity contribution in [3.63, 3.8) is 0 Å². The van der Waals surface area contributed by atoms with Gasteiger partial charge >= 0.3 is 5.97 Å². The van der Waals surface area contributed by atoms with Crippen LogP contribution in [0.25, 0.3) is 0 Å². The summed E-state index contributed by atoms with van der Waals surface area (Å²) in [5, 5.41) is 32.2. The minimum Gasteiger partial charge on any atom is -0.505 e. The molecule has 2 aliphatic heterocycles. The highest BCUT2D eigenvalue weighted by molar-refractivity contribution is 9.10. The van der Waals surface area contributed by atoms with Gasteiger partial charge in [0, 0.05) is 17.8 Å². The van der Waals surface area contributed by atoms with Crippen molar-refractivity contribution in [3.05, 3.63) is 28.3 Å². The third kappa shape index (κ3) is 3.08. The van der Waals surface area contributed by atoms with E-state index in [2.05, 4.69) is 34.2 Å². The molecule has 6 atom stereocenters. The number of carbonyl (C=O) groups is 3. The molecular weight excluding hydrogens is 494 g/mol. The van der Waals surface area contributed by atoms with E-state index in [0.29, 0.717) is 5.92 Å². The van der Waals surface area contributed by atoms with Crippen molar-refractivity contribution in [2.75, 3.05) is 5.32 Å². The first-order valence-corrected chi connectivity index (χ1v) is 11.9. The van der Waals surface area contributed by atoms with E-state index in [1.165, 1.54) is 0 Å². The number of amides is 1. The van der Waals surface area contributed by atoms with Gasteiger partial charge in [0.05, 0.1) is 16.2 Å². The molecule has 1 spiro atoms. The van der Waals surface area contributed by atoms with Crippen LogP contribution in [-0.4, -0.2) is 44.7 Å². The first-order chi connectivity index (χ1) is 15.4. The van der Waals surface area contributed by atoms with Crippen LogP contribution in [0.1, 0.15) is 56.3 Å². The van der Waals surface area contributed by atoms with E-state index in [0.717, 1.165) is 25.3 Å². The Labute approximate surface area is 199 Å². The lowest BCUT2D eigenvalue weighted by Crippen LogP contribution is -2.56. The fourth-order valence-corrected chi connectivity index (χ4v) is 7.55.